The number of imide groups is 6. The molecule has 34 heavy (non-hydrogen) atoms. The van der Waals surface area contributed by atoms with Crippen molar-refractivity contribution in [2.45, 2.75) is 13.8 Å². The lowest BCUT2D eigenvalue weighted by Gasteiger charge is -2.26. The molecule has 0 N–H and O–H groups in total. The molecule has 0 saturated carbocycles. The third kappa shape index (κ3) is 3.34. The zero-order valence-electron chi connectivity index (χ0n) is 17.9. The van der Waals surface area contributed by atoms with Gasteiger partial charge >= 0.3 is 12.2 Å². The molecule has 0 fully saturated rings. The van der Waals surface area contributed by atoms with E-state index in [9.17, 15) is 33.6 Å². The van der Waals surface area contributed by atoms with Gasteiger partial charge in [-0.1, -0.05) is 12.1 Å². The summed E-state index contributed by atoms with van der Waals surface area (Å²) in [7, 11) is 0. The fourth-order valence-electron chi connectivity index (χ4n) is 3.64. The Morgan fingerprint density at radius 1 is 0.618 bits per heavy atom. The van der Waals surface area contributed by atoms with Crippen LogP contribution in [-0.4, -0.2) is 64.6 Å². The first-order valence-corrected chi connectivity index (χ1v) is 10.1. The van der Waals surface area contributed by atoms with E-state index < -0.39 is 63.9 Å². The summed E-state index contributed by atoms with van der Waals surface area (Å²) in [5.41, 5.74) is -2.13. The van der Waals surface area contributed by atoms with E-state index in [4.69, 9.17) is 9.47 Å². The van der Waals surface area contributed by atoms with Crippen LogP contribution in [0.3, 0.4) is 0 Å². The standard InChI is InChI=1S/C23H16N2O9/c1-3-33-22(31)24-18(27)13-7-5-11-9-15(13)20(29)25(23(32)34-4-2)21(30)16-10-12(17(11)26)6-8-14(16)19(24)28/h5-10H,3-4H2,1-2H3. The highest BCUT2D eigenvalue weighted by atomic mass is 16.6. The van der Waals surface area contributed by atoms with E-state index in [0.717, 1.165) is 24.3 Å². The van der Waals surface area contributed by atoms with Crippen LogP contribution >= 0.6 is 0 Å². The number of hydrogen-bond donors (Lipinski definition) is 0. The lowest BCUT2D eigenvalue weighted by molar-refractivity contribution is 0.0503. The first-order chi connectivity index (χ1) is 16.2. The summed E-state index contributed by atoms with van der Waals surface area (Å²) < 4.78 is 9.71. The van der Waals surface area contributed by atoms with Gasteiger partial charge in [0.15, 0.2) is 5.78 Å². The molecule has 0 spiro atoms. The van der Waals surface area contributed by atoms with E-state index in [0.29, 0.717) is 0 Å². The Morgan fingerprint density at radius 2 is 0.971 bits per heavy atom. The van der Waals surface area contributed by atoms with Crippen molar-refractivity contribution in [1.29, 1.82) is 0 Å². The molecule has 0 atom stereocenters. The molecule has 2 aromatic carbocycles. The molecule has 4 rings (SSSR count). The molecule has 2 aliphatic rings. The fraction of sp³-hybridized carbons (Fsp3) is 0.174. The lowest BCUT2D eigenvalue weighted by Crippen LogP contribution is -2.48. The van der Waals surface area contributed by atoms with E-state index in [1.807, 2.05) is 0 Å². The normalized spacial score (nSPS) is 14.8. The minimum atomic E-state index is -1.33. The van der Waals surface area contributed by atoms with Gasteiger partial charge in [-0.05, 0) is 38.1 Å². The number of amides is 6. The van der Waals surface area contributed by atoms with Gasteiger partial charge in [-0.25, -0.2) is 9.59 Å². The quantitative estimate of drug-likeness (QED) is 0.612. The molecule has 172 valence electrons. The number of fused-ring (bicyclic) bond motifs is 4. The predicted molar refractivity (Wildman–Crippen MR) is 111 cm³/mol. The Labute approximate surface area is 191 Å². The fourth-order valence-corrected chi connectivity index (χ4v) is 3.64. The number of ether oxygens (including phenoxy) is 2. The molecular weight excluding hydrogens is 448 g/mol. The molecule has 0 unspecified atom stereocenters. The summed E-state index contributed by atoms with van der Waals surface area (Å²) in [5, 5.41) is 0. The summed E-state index contributed by atoms with van der Waals surface area (Å²) in [6, 6.07) is 6.62. The molecule has 2 aromatic rings. The number of carbonyl (C=O) groups is 7. The van der Waals surface area contributed by atoms with E-state index in [-0.39, 0.29) is 34.1 Å². The largest absolute Gasteiger partial charge is 0.449 e. The minimum absolute atomic E-state index is 0.0219. The topological polar surface area (TPSA) is 144 Å². The van der Waals surface area contributed by atoms with E-state index in [1.54, 1.807) is 0 Å². The van der Waals surface area contributed by atoms with Crippen molar-refractivity contribution in [2.75, 3.05) is 13.2 Å². The summed E-state index contributed by atoms with van der Waals surface area (Å²) in [6.45, 7) is 2.57. The molecule has 2 aliphatic heterocycles. The zero-order chi connectivity index (χ0) is 24.7. The number of carbonyl (C=O) groups excluding carboxylic acids is 7. The van der Waals surface area contributed by atoms with Crippen molar-refractivity contribution >= 4 is 41.6 Å². The van der Waals surface area contributed by atoms with Crippen LogP contribution < -0.4 is 0 Å². The summed E-state index contributed by atoms with van der Waals surface area (Å²) in [6.07, 6.45) is -2.65. The molecular formula is C23H16N2O9. The average Bonchev–Trinajstić information content (AvgIpc) is 2.82. The second kappa shape index (κ2) is 8.35. The van der Waals surface area contributed by atoms with Crippen molar-refractivity contribution in [1.82, 2.24) is 9.80 Å². The number of nitrogens with zero attached hydrogens (tertiary/aromatic N) is 2. The highest BCUT2D eigenvalue weighted by Crippen LogP contribution is 2.28. The Bertz CT molecular complexity index is 1250. The maximum atomic E-state index is 13.4. The Hall–Kier alpha value is -4.67. The number of ketones is 1. The molecule has 11 nitrogen and oxygen atoms in total. The van der Waals surface area contributed by atoms with Gasteiger partial charge in [-0.2, -0.15) is 9.80 Å². The molecule has 0 aromatic heterocycles. The van der Waals surface area contributed by atoms with E-state index in [2.05, 4.69) is 0 Å². The van der Waals surface area contributed by atoms with Crippen LogP contribution in [0.4, 0.5) is 9.59 Å². The van der Waals surface area contributed by atoms with Gasteiger partial charge in [0.05, 0.1) is 35.5 Å². The van der Waals surface area contributed by atoms with Crippen molar-refractivity contribution in [3.8, 4) is 0 Å². The van der Waals surface area contributed by atoms with Crippen molar-refractivity contribution in [3.63, 3.8) is 0 Å². The van der Waals surface area contributed by atoms with Gasteiger partial charge in [0.2, 0.25) is 0 Å². The molecule has 4 bridgehead atoms. The highest BCUT2D eigenvalue weighted by molar-refractivity contribution is 6.30. The second-order valence-electron chi connectivity index (χ2n) is 7.14. The van der Waals surface area contributed by atoms with Gasteiger partial charge in [0.25, 0.3) is 23.6 Å². The van der Waals surface area contributed by atoms with Crippen molar-refractivity contribution in [2.24, 2.45) is 0 Å². The van der Waals surface area contributed by atoms with Crippen LogP contribution in [0, 0.1) is 0 Å². The third-order valence-electron chi connectivity index (χ3n) is 5.20. The number of hydrogen-bond acceptors (Lipinski definition) is 9. The van der Waals surface area contributed by atoms with Crippen LogP contribution in [-0.2, 0) is 9.47 Å². The van der Waals surface area contributed by atoms with Crippen LogP contribution in [0.5, 0.6) is 0 Å². The summed E-state index contributed by atoms with van der Waals surface area (Å²) in [5.74, 6) is -5.59. The molecule has 11 heteroatoms. The zero-order valence-corrected chi connectivity index (χ0v) is 17.9. The number of rotatable bonds is 2. The Balaban J connectivity index is 2.13. The van der Waals surface area contributed by atoms with Gasteiger partial charge < -0.3 is 9.47 Å². The van der Waals surface area contributed by atoms with Gasteiger partial charge in [-0.15, -0.1) is 0 Å². The second-order valence-corrected chi connectivity index (χ2v) is 7.14. The molecule has 0 saturated heterocycles. The third-order valence-corrected chi connectivity index (χ3v) is 5.20. The van der Waals surface area contributed by atoms with Crippen LogP contribution in [0.1, 0.15) is 71.2 Å². The summed E-state index contributed by atoms with van der Waals surface area (Å²) in [4.78, 5) is 92.1. The molecule has 0 radical (unpaired) electrons. The van der Waals surface area contributed by atoms with Crippen LogP contribution in [0.15, 0.2) is 36.4 Å². The minimum Gasteiger partial charge on any atom is -0.449 e. The van der Waals surface area contributed by atoms with Crippen molar-refractivity contribution < 1.29 is 43.0 Å². The monoisotopic (exact) mass is 464 g/mol. The highest BCUT2D eigenvalue weighted by Gasteiger charge is 2.43. The van der Waals surface area contributed by atoms with Gasteiger partial charge in [0, 0.05) is 11.1 Å². The first kappa shape index (κ1) is 22.5. The maximum absolute atomic E-state index is 13.4. The van der Waals surface area contributed by atoms with E-state index >= 15 is 0 Å². The summed E-state index contributed by atoms with van der Waals surface area (Å²) >= 11 is 0. The van der Waals surface area contributed by atoms with Crippen LogP contribution in [0.25, 0.3) is 0 Å². The SMILES string of the molecule is CCOC(=O)N1C(=O)c2ccc3cc2C(=O)N(C(=O)OCC)C(=O)c2cc(ccc2C1=O)C3=O. The average molecular weight is 464 g/mol. The van der Waals surface area contributed by atoms with Crippen LogP contribution in [0.2, 0.25) is 0 Å². The maximum Gasteiger partial charge on any atom is 0.424 e. The number of benzene rings is 2. The Morgan fingerprint density at radius 3 is 1.32 bits per heavy atom. The van der Waals surface area contributed by atoms with Crippen molar-refractivity contribution in [3.05, 3.63) is 69.8 Å². The molecule has 0 aliphatic carbocycles. The predicted octanol–water partition coefficient (Wildman–Crippen LogP) is 2.42. The lowest BCUT2D eigenvalue weighted by atomic mass is 9.91. The smallest absolute Gasteiger partial charge is 0.424 e. The molecule has 6 amide bonds. The van der Waals surface area contributed by atoms with Gasteiger partial charge in [-0.3, -0.25) is 24.0 Å². The van der Waals surface area contributed by atoms with Gasteiger partial charge in [0.1, 0.15) is 0 Å². The first-order valence-electron chi connectivity index (χ1n) is 10.1. The molecule has 2 heterocycles. The Kier molecular flexibility index (Phi) is 5.53. The van der Waals surface area contributed by atoms with E-state index in [1.165, 1.54) is 26.0 Å².